The molecule has 2 aromatic rings. The van der Waals surface area contributed by atoms with E-state index in [1.165, 1.54) is 17.7 Å². The molecule has 0 fully saturated rings. The molecule has 0 saturated carbocycles. The van der Waals surface area contributed by atoms with Crippen molar-refractivity contribution in [3.8, 4) is 5.75 Å². The van der Waals surface area contributed by atoms with Crippen LogP contribution in [0.4, 0.5) is 0 Å². The van der Waals surface area contributed by atoms with Gasteiger partial charge >= 0.3 is 0 Å². The molecular weight excluding hydrogens is 304 g/mol. The van der Waals surface area contributed by atoms with E-state index in [9.17, 15) is 15.0 Å². The minimum Gasteiger partial charge on any atom is -0.507 e. The van der Waals surface area contributed by atoms with Crippen LogP contribution in [0.3, 0.4) is 0 Å². The van der Waals surface area contributed by atoms with Crippen molar-refractivity contribution in [3.05, 3.63) is 65.2 Å². The fourth-order valence-electron chi connectivity index (χ4n) is 2.61. The van der Waals surface area contributed by atoms with Gasteiger partial charge in [0.15, 0.2) is 0 Å². The average Bonchev–Trinajstić information content (AvgIpc) is 2.59. The second kappa shape index (κ2) is 8.47. The molecule has 0 unspecified atom stereocenters. The van der Waals surface area contributed by atoms with Gasteiger partial charge in [0.2, 0.25) is 0 Å². The van der Waals surface area contributed by atoms with Crippen LogP contribution in [0, 0.1) is 0 Å². The number of carbonyl (C=O) groups excluding carboxylic acids is 1. The van der Waals surface area contributed by atoms with Gasteiger partial charge in [-0.1, -0.05) is 36.4 Å². The van der Waals surface area contributed by atoms with Crippen molar-refractivity contribution < 1.29 is 20.3 Å². The number of amides is 1. The maximum absolute atomic E-state index is 11.3. The Labute approximate surface area is 142 Å². The van der Waals surface area contributed by atoms with Crippen molar-refractivity contribution in [2.75, 3.05) is 6.54 Å². The lowest BCUT2D eigenvalue weighted by Gasteiger charge is -2.15. The highest BCUT2D eigenvalue weighted by molar-refractivity contribution is 5.95. The summed E-state index contributed by atoms with van der Waals surface area (Å²) < 4.78 is 0. The minimum atomic E-state index is -0.720. The number of benzene rings is 2. The molecule has 0 heterocycles. The first-order valence-electron chi connectivity index (χ1n) is 8.15. The SMILES string of the molecule is C[C@@H](CCc1ccccc1)[NH2+]C[C@H](O)c1ccc(O)c(C(N)=O)c1. The van der Waals surface area contributed by atoms with Crippen molar-refractivity contribution in [1.29, 1.82) is 0 Å². The summed E-state index contributed by atoms with van der Waals surface area (Å²) in [6.45, 7) is 2.61. The van der Waals surface area contributed by atoms with Crippen molar-refractivity contribution in [1.82, 2.24) is 0 Å². The fraction of sp³-hybridized carbons (Fsp3) is 0.316. The van der Waals surface area contributed by atoms with E-state index in [4.69, 9.17) is 5.73 Å². The van der Waals surface area contributed by atoms with Gasteiger partial charge in [0.25, 0.3) is 5.91 Å². The molecular formula is C19H25N2O3+. The Morgan fingerprint density at radius 1 is 1.21 bits per heavy atom. The molecule has 0 bridgehead atoms. The lowest BCUT2D eigenvalue weighted by Crippen LogP contribution is -2.90. The lowest BCUT2D eigenvalue weighted by atomic mass is 10.0. The molecule has 1 amide bonds. The Morgan fingerprint density at radius 2 is 1.92 bits per heavy atom. The number of hydrogen-bond donors (Lipinski definition) is 4. The number of nitrogens with two attached hydrogens (primary N) is 2. The van der Waals surface area contributed by atoms with E-state index in [1.807, 2.05) is 18.2 Å². The van der Waals surface area contributed by atoms with Gasteiger partial charge in [0, 0.05) is 6.42 Å². The van der Waals surface area contributed by atoms with Crippen LogP contribution in [0.15, 0.2) is 48.5 Å². The van der Waals surface area contributed by atoms with Crippen LogP contribution in [0.1, 0.15) is 40.9 Å². The quantitative estimate of drug-likeness (QED) is 0.583. The van der Waals surface area contributed by atoms with Gasteiger partial charge < -0.3 is 21.3 Å². The molecule has 0 aliphatic rings. The summed E-state index contributed by atoms with van der Waals surface area (Å²) in [5.74, 6) is -0.875. The molecule has 24 heavy (non-hydrogen) atoms. The van der Waals surface area contributed by atoms with Crippen molar-refractivity contribution in [3.63, 3.8) is 0 Å². The Bertz CT molecular complexity index is 674. The van der Waals surface area contributed by atoms with Crippen LogP contribution in [0.5, 0.6) is 5.75 Å². The van der Waals surface area contributed by atoms with E-state index < -0.39 is 12.0 Å². The molecule has 0 aliphatic carbocycles. The number of phenols is 1. The zero-order valence-corrected chi connectivity index (χ0v) is 13.9. The fourth-order valence-corrected chi connectivity index (χ4v) is 2.61. The topological polar surface area (TPSA) is 100 Å². The van der Waals surface area contributed by atoms with E-state index in [2.05, 4.69) is 24.4 Å². The summed E-state index contributed by atoms with van der Waals surface area (Å²) in [5, 5.41) is 22.0. The predicted molar refractivity (Wildman–Crippen MR) is 92.6 cm³/mol. The van der Waals surface area contributed by atoms with E-state index >= 15 is 0 Å². The normalized spacial score (nSPS) is 13.4. The van der Waals surface area contributed by atoms with E-state index in [0.29, 0.717) is 18.2 Å². The van der Waals surface area contributed by atoms with Crippen molar-refractivity contribution in [2.45, 2.75) is 31.9 Å². The maximum Gasteiger partial charge on any atom is 0.252 e. The van der Waals surface area contributed by atoms with Gasteiger partial charge in [-0.05, 0) is 36.6 Å². The van der Waals surface area contributed by atoms with Gasteiger partial charge in [-0.2, -0.15) is 0 Å². The van der Waals surface area contributed by atoms with Crippen molar-refractivity contribution in [2.24, 2.45) is 5.73 Å². The third-order valence-electron chi connectivity index (χ3n) is 4.16. The highest BCUT2D eigenvalue weighted by Gasteiger charge is 2.16. The summed E-state index contributed by atoms with van der Waals surface area (Å²) >= 11 is 0. The smallest absolute Gasteiger partial charge is 0.252 e. The third-order valence-corrected chi connectivity index (χ3v) is 4.16. The Balaban J connectivity index is 1.85. The Morgan fingerprint density at radius 3 is 2.58 bits per heavy atom. The van der Waals surface area contributed by atoms with Crippen LogP contribution < -0.4 is 11.1 Å². The second-order valence-electron chi connectivity index (χ2n) is 6.13. The van der Waals surface area contributed by atoms with Crippen LogP contribution in [-0.2, 0) is 6.42 Å². The molecule has 128 valence electrons. The zero-order valence-electron chi connectivity index (χ0n) is 13.9. The number of aryl methyl sites for hydroxylation is 1. The first kappa shape index (κ1) is 18.0. The van der Waals surface area contributed by atoms with Crippen LogP contribution >= 0.6 is 0 Å². The van der Waals surface area contributed by atoms with Gasteiger partial charge in [-0.3, -0.25) is 4.79 Å². The summed E-state index contributed by atoms with van der Waals surface area (Å²) in [7, 11) is 0. The Hall–Kier alpha value is -2.37. The van der Waals surface area contributed by atoms with Gasteiger partial charge in [-0.15, -0.1) is 0 Å². The third kappa shape index (κ3) is 5.08. The van der Waals surface area contributed by atoms with E-state index in [0.717, 1.165) is 12.8 Å². The van der Waals surface area contributed by atoms with Gasteiger partial charge in [-0.25, -0.2) is 0 Å². The summed E-state index contributed by atoms with van der Waals surface area (Å²) in [4.78, 5) is 11.3. The maximum atomic E-state index is 11.3. The summed E-state index contributed by atoms with van der Waals surface area (Å²) in [6, 6.07) is 15.1. The molecule has 0 aromatic heterocycles. The summed E-state index contributed by atoms with van der Waals surface area (Å²) in [6.07, 6.45) is 1.29. The standard InChI is InChI=1S/C19H24N2O3/c1-13(7-8-14-5-3-2-4-6-14)21-12-18(23)15-9-10-17(22)16(11-15)19(20)24/h2-6,9-11,13,18,21-23H,7-8,12H2,1H3,(H2,20,24)/p+1/t13-,18-/m0/s1. The minimum absolute atomic E-state index is 0.0312. The second-order valence-corrected chi connectivity index (χ2v) is 6.13. The largest absolute Gasteiger partial charge is 0.507 e. The van der Waals surface area contributed by atoms with E-state index in [-0.39, 0.29) is 11.3 Å². The Kier molecular flexibility index (Phi) is 6.35. The number of quaternary nitrogens is 1. The number of hydrogen-bond acceptors (Lipinski definition) is 3. The molecule has 0 radical (unpaired) electrons. The predicted octanol–water partition coefficient (Wildman–Crippen LogP) is 1.11. The number of carbonyl (C=O) groups is 1. The highest BCUT2D eigenvalue weighted by Crippen LogP contribution is 2.21. The number of aliphatic hydroxyl groups is 1. The first-order chi connectivity index (χ1) is 11.5. The van der Waals surface area contributed by atoms with Gasteiger partial charge in [0.05, 0.1) is 11.6 Å². The number of aromatic hydroxyl groups is 1. The monoisotopic (exact) mass is 329 g/mol. The van der Waals surface area contributed by atoms with Crippen LogP contribution in [0.2, 0.25) is 0 Å². The molecule has 2 aromatic carbocycles. The molecule has 0 spiro atoms. The average molecular weight is 329 g/mol. The molecule has 2 atom stereocenters. The lowest BCUT2D eigenvalue weighted by molar-refractivity contribution is -0.693. The molecule has 0 saturated heterocycles. The number of rotatable bonds is 8. The van der Waals surface area contributed by atoms with E-state index in [1.54, 1.807) is 6.07 Å². The molecule has 2 rings (SSSR count). The highest BCUT2D eigenvalue weighted by atomic mass is 16.3. The molecule has 6 N–H and O–H groups in total. The molecule has 5 nitrogen and oxygen atoms in total. The van der Waals surface area contributed by atoms with Crippen molar-refractivity contribution >= 4 is 5.91 Å². The number of aliphatic hydroxyl groups excluding tert-OH is 1. The van der Waals surface area contributed by atoms with Crippen LogP contribution in [0.25, 0.3) is 0 Å². The zero-order chi connectivity index (χ0) is 17.5. The molecule has 0 aliphatic heterocycles. The van der Waals surface area contributed by atoms with Gasteiger partial charge in [0.1, 0.15) is 18.4 Å². The molecule has 5 heteroatoms. The number of primary amides is 1. The van der Waals surface area contributed by atoms with Crippen LogP contribution in [-0.4, -0.2) is 28.7 Å². The summed E-state index contributed by atoms with van der Waals surface area (Å²) in [5.41, 5.74) is 7.13. The first-order valence-corrected chi connectivity index (χ1v) is 8.15.